The van der Waals surface area contributed by atoms with Crippen LogP contribution in [0.15, 0.2) is 28.7 Å². The molecule has 1 aliphatic rings. The third-order valence-corrected chi connectivity index (χ3v) is 4.25. The molecule has 1 heteroatoms. The third kappa shape index (κ3) is 2.76. The van der Waals surface area contributed by atoms with E-state index in [1.807, 2.05) is 0 Å². The molecule has 0 heterocycles. The summed E-state index contributed by atoms with van der Waals surface area (Å²) in [5.74, 6) is 0. The Morgan fingerprint density at radius 1 is 0.938 bits per heavy atom. The average molecular weight is 279 g/mol. The predicted octanol–water partition coefficient (Wildman–Crippen LogP) is 5.46. The monoisotopic (exact) mass is 278 g/mol. The highest BCUT2D eigenvalue weighted by molar-refractivity contribution is 9.11. The van der Waals surface area contributed by atoms with Gasteiger partial charge in [0.1, 0.15) is 0 Å². The summed E-state index contributed by atoms with van der Waals surface area (Å²) in [4.78, 5) is 0. The topological polar surface area (TPSA) is 0 Å². The minimum Gasteiger partial charge on any atom is -0.0620 e. The zero-order valence-electron chi connectivity index (χ0n) is 9.93. The molecule has 1 aromatic rings. The Labute approximate surface area is 107 Å². The summed E-state index contributed by atoms with van der Waals surface area (Å²) in [7, 11) is 0. The number of aryl methyl sites for hydroxylation is 1. The van der Waals surface area contributed by atoms with Crippen molar-refractivity contribution in [1.82, 2.24) is 0 Å². The van der Waals surface area contributed by atoms with Crippen molar-refractivity contribution >= 4 is 21.5 Å². The molecule has 0 atom stereocenters. The smallest absolute Gasteiger partial charge is 0.00113 e. The highest BCUT2D eigenvalue weighted by Gasteiger charge is 2.11. The number of hydrogen-bond acceptors (Lipinski definition) is 0. The number of allylic oxidation sites excluding steroid dienone is 2. The molecule has 16 heavy (non-hydrogen) atoms. The van der Waals surface area contributed by atoms with Crippen LogP contribution in [0.3, 0.4) is 0 Å². The van der Waals surface area contributed by atoms with Crippen molar-refractivity contribution in [3.05, 3.63) is 39.9 Å². The van der Waals surface area contributed by atoms with Crippen molar-refractivity contribution in [2.24, 2.45) is 0 Å². The van der Waals surface area contributed by atoms with E-state index >= 15 is 0 Å². The molecule has 0 fully saturated rings. The van der Waals surface area contributed by atoms with Crippen LogP contribution in [0.5, 0.6) is 0 Å². The van der Waals surface area contributed by atoms with Gasteiger partial charge in [-0.3, -0.25) is 0 Å². The molecule has 0 spiro atoms. The quantitative estimate of drug-likeness (QED) is 0.640. The predicted molar refractivity (Wildman–Crippen MR) is 74.7 cm³/mol. The lowest BCUT2D eigenvalue weighted by molar-refractivity contribution is 0.641. The van der Waals surface area contributed by atoms with Crippen LogP contribution in [0.1, 0.15) is 49.7 Å². The maximum Gasteiger partial charge on any atom is -0.00113 e. The number of hydrogen-bond donors (Lipinski definition) is 0. The summed E-state index contributed by atoms with van der Waals surface area (Å²) >= 11 is 3.79. The highest BCUT2D eigenvalue weighted by atomic mass is 79.9. The molecule has 0 bridgehead atoms. The van der Waals surface area contributed by atoms with E-state index in [0.717, 1.165) is 0 Å². The standard InChI is InChI=1S/C15H19Br/c1-12-8-6-7-9-13(12)14-10-4-2-3-5-11-15(14)16/h6-9H,2-5,10-11H2,1H3. The summed E-state index contributed by atoms with van der Waals surface area (Å²) in [6.07, 6.45) is 7.87. The van der Waals surface area contributed by atoms with Gasteiger partial charge in [-0.2, -0.15) is 0 Å². The lowest BCUT2D eigenvalue weighted by atomic mass is 9.92. The third-order valence-electron chi connectivity index (χ3n) is 3.37. The summed E-state index contributed by atoms with van der Waals surface area (Å²) in [5, 5.41) is 0. The summed E-state index contributed by atoms with van der Waals surface area (Å²) < 4.78 is 1.43. The molecule has 0 saturated carbocycles. The van der Waals surface area contributed by atoms with Gasteiger partial charge in [0.25, 0.3) is 0 Å². The molecule has 0 aromatic heterocycles. The van der Waals surface area contributed by atoms with Gasteiger partial charge in [-0.05, 0) is 53.8 Å². The van der Waals surface area contributed by atoms with Gasteiger partial charge in [0, 0.05) is 0 Å². The Hall–Kier alpha value is -0.560. The van der Waals surface area contributed by atoms with E-state index in [1.54, 1.807) is 0 Å². The van der Waals surface area contributed by atoms with E-state index in [9.17, 15) is 0 Å². The summed E-state index contributed by atoms with van der Waals surface area (Å²) in [5.41, 5.74) is 4.38. The molecule has 1 aliphatic carbocycles. The highest BCUT2D eigenvalue weighted by Crippen LogP contribution is 2.34. The molecule has 0 N–H and O–H groups in total. The molecule has 0 unspecified atom stereocenters. The fourth-order valence-electron chi connectivity index (χ4n) is 2.41. The maximum atomic E-state index is 3.79. The summed E-state index contributed by atoms with van der Waals surface area (Å²) in [6, 6.07) is 8.74. The largest absolute Gasteiger partial charge is 0.0620 e. The van der Waals surface area contributed by atoms with Crippen LogP contribution in [-0.2, 0) is 0 Å². The minimum atomic E-state index is 1.21. The Morgan fingerprint density at radius 3 is 2.38 bits per heavy atom. The fraction of sp³-hybridized carbons (Fsp3) is 0.467. The van der Waals surface area contributed by atoms with E-state index < -0.39 is 0 Å². The van der Waals surface area contributed by atoms with Crippen molar-refractivity contribution in [3.8, 4) is 0 Å². The normalized spacial score (nSPS) is 18.1. The first-order valence-electron chi connectivity index (χ1n) is 6.22. The lowest BCUT2D eigenvalue weighted by Crippen LogP contribution is -1.95. The zero-order chi connectivity index (χ0) is 11.4. The fourth-order valence-corrected chi connectivity index (χ4v) is 3.11. The van der Waals surface area contributed by atoms with E-state index in [-0.39, 0.29) is 0 Å². The molecule has 0 aliphatic heterocycles. The second kappa shape index (κ2) is 5.67. The molecule has 0 nitrogen and oxygen atoms in total. The molecule has 0 amide bonds. The molecular weight excluding hydrogens is 260 g/mol. The molecule has 86 valence electrons. The number of halogens is 1. The SMILES string of the molecule is Cc1ccccc1C1=C(Br)CCCCCC1. The van der Waals surface area contributed by atoms with E-state index in [2.05, 4.69) is 47.1 Å². The second-order valence-electron chi connectivity index (χ2n) is 4.61. The van der Waals surface area contributed by atoms with Crippen LogP contribution < -0.4 is 0 Å². The van der Waals surface area contributed by atoms with Crippen molar-refractivity contribution in [3.63, 3.8) is 0 Å². The number of rotatable bonds is 1. The first-order valence-corrected chi connectivity index (χ1v) is 7.02. The zero-order valence-corrected chi connectivity index (χ0v) is 11.5. The van der Waals surface area contributed by atoms with Crippen molar-refractivity contribution in [2.75, 3.05) is 0 Å². The first-order chi connectivity index (χ1) is 7.79. The molecule has 1 aromatic carbocycles. The van der Waals surface area contributed by atoms with Crippen molar-refractivity contribution in [2.45, 2.75) is 45.4 Å². The Bertz CT molecular complexity index is 390. The Kier molecular flexibility index (Phi) is 4.22. The van der Waals surface area contributed by atoms with Gasteiger partial charge >= 0.3 is 0 Å². The average Bonchev–Trinajstić information content (AvgIpc) is 2.26. The Balaban J connectivity index is 2.36. The number of benzene rings is 1. The summed E-state index contributed by atoms with van der Waals surface area (Å²) in [6.45, 7) is 2.21. The van der Waals surface area contributed by atoms with Gasteiger partial charge in [0.05, 0.1) is 0 Å². The van der Waals surface area contributed by atoms with E-state index in [4.69, 9.17) is 0 Å². The van der Waals surface area contributed by atoms with Crippen LogP contribution in [0.25, 0.3) is 5.57 Å². The lowest BCUT2D eigenvalue weighted by Gasteiger charge is -2.16. The van der Waals surface area contributed by atoms with Crippen molar-refractivity contribution in [1.29, 1.82) is 0 Å². The van der Waals surface area contributed by atoms with Gasteiger partial charge in [0.2, 0.25) is 0 Å². The van der Waals surface area contributed by atoms with Gasteiger partial charge in [-0.1, -0.05) is 53.0 Å². The van der Waals surface area contributed by atoms with Gasteiger partial charge in [-0.25, -0.2) is 0 Å². The molecule has 2 rings (SSSR count). The van der Waals surface area contributed by atoms with Crippen molar-refractivity contribution < 1.29 is 0 Å². The van der Waals surface area contributed by atoms with Crippen LogP contribution in [0.4, 0.5) is 0 Å². The molecule has 0 saturated heterocycles. The van der Waals surface area contributed by atoms with Gasteiger partial charge < -0.3 is 0 Å². The second-order valence-corrected chi connectivity index (χ2v) is 5.57. The van der Waals surface area contributed by atoms with E-state index in [0.29, 0.717) is 0 Å². The first kappa shape index (κ1) is 11.9. The van der Waals surface area contributed by atoms with Crippen LogP contribution >= 0.6 is 15.9 Å². The van der Waals surface area contributed by atoms with Crippen LogP contribution in [0.2, 0.25) is 0 Å². The van der Waals surface area contributed by atoms with Gasteiger partial charge in [0.15, 0.2) is 0 Å². The molecule has 0 radical (unpaired) electrons. The van der Waals surface area contributed by atoms with Crippen LogP contribution in [-0.4, -0.2) is 0 Å². The van der Waals surface area contributed by atoms with Crippen LogP contribution in [0, 0.1) is 6.92 Å². The van der Waals surface area contributed by atoms with E-state index in [1.165, 1.54) is 59.7 Å². The van der Waals surface area contributed by atoms with Gasteiger partial charge in [-0.15, -0.1) is 0 Å². The molecular formula is C15H19Br. The Morgan fingerprint density at radius 2 is 1.62 bits per heavy atom. The maximum absolute atomic E-state index is 3.79. The minimum absolute atomic E-state index is 1.21.